The Balaban J connectivity index is 2.58. The van der Waals surface area contributed by atoms with Crippen LogP contribution in [0.4, 0.5) is 4.53 Å². The van der Waals surface area contributed by atoms with Crippen LogP contribution in [0.1, 0.15) is 32.1 Å². The molecule has 0 aromatic heterocycles. The molecule has 1 aliphatic rings. The molecule has 1 unspecified atom stereocenters. The zero-order valence-corrected chi connectivity index (χ0v) is 8.06. The summed E-state index contributed by atoms with van der Waals surface area (Å²) in [5.74, 6) is 0. The molecule has 72 valence electrons. The lowest BCUT2D eigenvalue weighted by atomic mass is 10.0. The van der Waals surface area contributed by atoms with Crippen LogP contribution >= 0.6 is 7.60 Å². The van der Waals surface area contributed by atoms with Crippen molar-refractivity contribution in [2.75, 3.05) is 7.11 Å². The summed E-state index contributed by atoms with van der Waals surface area (Å²) in [6.07, 6.45) is 4.60. The lowest BCUT2D eigenvalue weighted by Crippen LogP contribution is -2.14. The summed E-state index contributed by atoms with van der Waals surface area (Å²) in [7, 11) is -2.19. The number of hydrogen-bond acceptors (Lipinski definition) is 3. The second-order valence-electron chi connectivity index (χ2n) is 3.08. The maximum atomic E-state index is 11.9. The molecule has 1 rings (SSSR count). The van der Waals surface area contributed by atoms with Gasteiger partial charge in [-0.2, -0.15) is 0 Å². The zero-order valence-electron chi connectivity index (χ0n) is 7.16. The highest BCUT2D eigenvalue weighted by atomic mass is 31.2. The Morgan fingerprint density at radius 2 is 1.92 bits per heavy atom. The molecule has 1 saturated carbocycles. The molecule has 12 heavy (non-hydrogen) atoms. The summed E-state index contributed by atoms with van der Waals surface area (Å²) >= 11 is 0. The van der Waals surface area contributed by atoms with Gasteiger partial charge in [-0.05, 0) is 17.4 Å². The first-order valence-corrected chi connectivity index (χ1v) is 5.80. The van der Waals surface area contributed by atoms with E-state index in [1.807, 2.05) is 0 Å². The van der Waals surface area contributed by atoms with Gasteiger partial charge < -0.3 is 4.52 Å². The third-order valence-corrected chi connectivity index (χ3v) is 4.48. The normalized spacial score (nSPS) is 25.2. The van der Waals surface area contributed by atoms with Crippen molar-refractivity contribution in [3.63, 3.8) is 0 Å². The molecule has 0 bridgehead atoms. The van der Waals surface area contributed by atoms with E-state index in [2.05, 4.69) is 9.25 Å². The van der Waals surface area contributed by atoms with E-state index >= 15 is 0 Å². The fraction of sp³-hybridized carbons (Fsp3) is 1.00. The first-order valence-electron chi connectivity index (χ1n) is 4.18. The fourth-order valence-electron chi connectivity index (χ4n) is 1.63. The Morgan fingerprint density at radius 1 is 1.33 bits per heavy atom. The monoisotopic (exact) mass is 196 g/mol. The van der Waals surface area contributed by atoms with Crippen LogP contribution in [0.15, 0.2) is 0 Å². The summed E-state index contributed by atoms with van der Waals surface area (Å²) in [5, 5.41) is 0. The summed E-state index contributed by atoms with van der Waals surface area (Å²) in [5.41, 5.74) is -0.235. The largest absolute Gasteiger partial charge is 0.366 e. The predicted molar refractivity (Wildman–Crippen MR) is 43.7 cm³/mol. The van der Waals surface area contributed by atoms with Crippen molar-refractivity contribution in [3.8, 4) is 0 Å². The molecular weight excluding hydrogens is 182 g/mol. The van der Waals surface area contributed by atoms with Crippen LogP contribution in [0.5, 0.6) is 0 Å². The van der Waals surface area contributed by atoms with Crippen molar-refractivity contribution >= 4 is 7.60 Å². The molecular formula is C7H14FO3P. The second kappa shape index (κ2) is 4.35. The maximum Gasteiger partial charge on any atom is 0.366 e. The van der Waals surface area contributed by atoms with Crippen molar-refractivity contribution in [2.45, 2.75) is 37.8 Å². The Hall–Kier alpha value is 0.0800. The Bertz CT molecular complexity index is 171. The van der Waals surface area contributed by atoms with E-state index in [-0.39, 0.29) is 5.66 Å². The van der Waals surface area contributed by atoms with E-state index in [1.165, 1.54) is 7.11 Å². The van der Waals surface area contributed by atoms with Crippen molar-refractivity contribution in [2.24, 2.45) is 0 Å². The molecule has 0 radical (unpaired) electrons. The zero-order chi connectivity index (χ0) is 9.03. The first kappa shape index (κ1) is 10.2. The van der Waals surface area contributed by atoms with Gasteiger partial charge in [-0.1, -0.05) is 19.3 Å². The van der Waals surface area contributed by atoms with E-state index in [4.69, 9.17) is 0 Å². The minimum Gasteiger partial charge on any atom is -0.310 e. The van der Waals surface area contributed by atoms with Crippen LogP contribution < -0.4 is 0 Å². The smallest absolute Gasteiger partial charge is 0.310 e. The van der Waals surface area contributed by atoms with Gasteiger partial charge in [0.2, 0.25) is 0 Å². The SMILES string of the molecule is COP(=O)(OF)C1CCCCC1. The van der Waals surface area contributed by atoms with Crippen LogP contribution in [-0.4, -0.2) is 12.8 Å². The highest BCUT2D eigenvalue weighted by Crippen LogP contribution is 2.57. The van der Waals surface area contributed by atoms with Gasteiger partial charge in [-0.15, -0.1) is 4.73 Å². The standard InChI is InChI=1S/C7H14FO3P/c1-10-12(9,11-8)7-5-3-2-4-6-7/h7H,2-6H2,1H3. The summed E-state index contributed by atoms with van der Waals surface area (Å²) in [6.45, 7) is 0. The average Bonchev–Trinajstić information content (AvgIpc) is 2.18. The summed E-state index contributed by atoms with van der Waals surface area (Å²) < 4.78 is 31.5. The van der Waals surface area contributed by atoms with Crippen LogP contribution in [0, 0.1) is 0 Å². The fourth-order valence-corrected chi connectivity index (χ4v) is 3.10. The molecule has 0 aromatic carbocycles. The molecule has 0 amide bonds. The number of rotatable bonds is 3. The molecule has 0 saturated heterocycles. The topological polar surface area (TPSA) is 35.5 Å². The molecule has 0 N–H and O–H groups in total. The van der Waals surface area contributed by atoms with Gasteiger partial charge in [0.15, 0.2) is 0 Å². The minimum atomic E-state index is -3.42. The molecule has 0 aliphatic heterocycles. The lowest BCUT2D eigenvalue weighted by molar-refractivity contribution is -0.0263. The average molecular weight is 196 g/mol. The van der Waals surface area contributed by atoms with Gasteiger partial charge in [-0.25, -0.2) is 0 Å². The van der Waals surface area contributed by atoms with Crippen molar-refractivity contribution in [1.29, 1.82) is 0 Å². The summed E-state index contributed by atoms with van der Waals surface area (Å²) in [4.78, 5) is 0. The maximum absolute atomic E-state index is 11.9. The molecule has 1 atom stereocenters. The van der Waals surface area contributed by atoms with E-state index in [9.17, 15) is 9.09 Å². The van der Waals surface area contributed by atoms with Crippen LogP contribution in [0.3, 0.4) is 0 Å². The van der Waals surface area contributed by atoms with Gasteiger partial charge in [-0.3, -0.25) is 4.57 Å². The van der Waals surface area contributed by atoms with Gasteiger partial charge >= 0.3 is 7.60 Å². The number of hydrogen-bond donors (Lipinski definition) is 0. The lowest BCUT2D eigenvalue weighted by Gasteiger charge is -2.24. The Kier molecular flexibility index (Phi) is 3.69. The van der Waals surface area contributed by atoms with Crippen molar-refractivity contribution in [3.05, 3.63) is 0 Å². The molecule has 0 aromatic rings. The summed E-state index contributed by atoms with van der Waals surface area (Å²) in [6, 6.07) is 0. The molecule has 1 fully saturated rings. The van der Waals surface area contributed by atoms with Crippen LogP contribution in [-0.2, 0) is 13.8 Å². The molecule has 5 heteroatoms. The van der Waals surface area contributed by atoms with E-state index < -0.39 is 7.60 Å². The Morgan fingerprint density at radius 3 is 2.33 bits per heavy atom. The van der Waals surface area contributed by atoms with Crippen molar-refractivity contribution < 1.29 is 18.3 Å². The van der Waals surface area contributed by atoms with Gasteiger partial charge in [0.1, 0.15) is 0 Å². The third kappa shape index (κ3) is 2.06. The Labute approximate surface area is 71.7 Å². The highest BCUT2D eigenvalue weighted by Gasteiger charge is 2.36. The van der Waals surface area contributed by atoms with E-state index in [0.717, 1.165) is 32.1 Å². The molecule has 0 heterocycles. The number of halogens is 1. The van der Waals surface area contributed by atoms with Gasteiger partial charge in [0.05, 0.1) is 5.66 Å². The highest BCUT2D eigenvalue weighted by molar-refractivity contribution is 7.54. The molecule has 3 nitrogen and oxygen atoms in total. The predicted octanol–water partition coefficient (Wildman–Crippen LogP) is 3.06. The second-order valence-corrected chi connectivity index (χ2v) is 5.40. The minimum absolute atomic E-state index is 0.235. The van der Waals surface area contributed by atoms with E-state index in [1.54, 1.807) is 0 Å². The van der Waals surface area contributed by atoms with Crippen LogP contribution in [0.25, 0.3) is 0 Å². The third-order valence-electron chi connectivity index (χ3n) is 2.37. The van der Waals surface area contributed by atoms with Crippen LogP contribution in [0.2, 0.25) is 0 Å². The van der Waals surface area contributed by atoms with Gasteiger partial charge in [0, 0.05) is 7.11 Å². The van der Waals surface area contributed by atoms with Gasteiger partial charge in [0.25, 0.3) is 0 Å². The quantitative estimate of drug-likeness (QED) is 0.650. The van der Waals surface area contributed by atoms with E-state index in [0.29, 0.717) is 0 Å². The first-order chi connectivity index (χ1) is 5.73. The van der Waals surface area contributed by atoms with Crippen molar-refractivity contribution in [1.82, 2.24) is 0 Å². The molecule has 1 aliphatic carbocycles. The molecule has 0 spiro atoms.